The molecule has 0 saturated carbocycles. The van der Waals surface area contributed by atoms with E-state index in [1.807, 2.05) is 0 Å². The highest BCUT2D eigenvalue weighted by Gasteiger charge is 2.12. The van der Waals surface area contributed by atoms with E-state index >= 15 is 0 Å². The second-order valence-corrected chi connectivity index (χ2v) is 1.97. The van der Waals surface area contributed by atoms with Gasteiger partial charge in [-0.1, -0.05) is 0 Å². The molecule has 5 N–H and O–H groups in total. The Bertz CT molecular complexity index is 90.0. The highest BCUT2D eigenvalue weighted by Crippen LogP contribution is 2.34. The summed E-state index contributed by atoms with van der Waals surface area (Å²) in [7, 11) is -5.99. The van der Waals surface area contributed by atoms with Crippen LogP contribution in [0.4, 0.5) is 4.32 Å². The van der Waals surface area contributed by atoms with Crippen molar-refractivity contribution in [3.63, 3.8) is 0 Å². The smallest absolute Gasteiger partial charge is 0.344 e. The molecule has 5 nitrogen and oxygen atoms in total. The molecule has 0 aliphatic heterocycles. The topological polar surface area (TPSA) is 102 Å². The van der Waals surface area contributed by atoms with E-state index in [9.17, 15) is 8.88 Å². The molecular formula is H6BFNO4P. The molecule has 0 aromatic rings. The minimum absolute atomic E-state index is 0. The molecule has 0 rings (SSSR count). The number of rotatable bonds is 2. The van der Waals surface area contributed by atoms with E-state index in [1.165, 1.54) is 0 Å². The van der Waals surface area contributed by atoms with Gasteiger partial charge in [-0.3, -0.25) is 4.32 Å². The second kappa shape index (κ2) is 4.00. The fourth-order valence-corrected chi connectivity index (χ4v) is 0.191. The first-order chi connectivity index (χ1) is 3.06. The van der Waals surface area contributed by atoms with Gasteiger partial charge in [-0.2, -0.15) is 0 Å². The number of hydrogen-bond donors (Lipinski definition) is 3. The number of phosphoric acid groups is 1. The van der Waals surface area contributed by atoms with Gasteiger partial charge in [-0.05, 0) is 0 Å². The molecule has 0 radical (unpaired) electrons. The van der Waals surface area contributed by atoms with Crippen molar-refractivity contribution in [1.29, 1.82) is 0 Å². The second-order valence-electron chi connectivity index (χ2n) is 0.729. The summed E-state index contributed by atoms with van der Waals surface area (Å²) < 4.78 is 23.5. The van der Waals surface area contributed by atoms with E-state index in [0.717, 1.165) is 0 Å². The van der Waals surface area contributed by atoms with Crippen LogP contribution in [0.1, 0.15) is 0 Å². The molecule has 0 saturated heterocycles. The van der Waals surface area contributed by atoms with Gasteiger partial charge in [0, 0.05) is 0 Å². The van der Waals surface area contributed by atoms with Gasteiger partial charge < -0.3 is 20.4 Å². The molecular weight excluding hydrogens is 139 g/mol. The lowest BCUT2D eigenvalue weighted by molar-refractivity contribution is 0.281. The van der Waals surface area contributed by atoms with Gasteiger partial charge in [-0.25, -0.2) is 4.57 Å². The van der Waals surface area contributed by atoms with Crippen LogP contribution < -0.4 is 6.15 Å². The molecule has 0 bridgehead atoms. The zero-order chi connectivity index (χ0) is 5.91. The fourth-order valence-electron chi connectivity index (χ4n) is 0.0636. The number of hydrogen-bond acceptors (Lipinski definition) is 3. The van der Waals surface area contributed by atoms with Crippen molar-refractivity contribution >= 4 is 15.6 Å². The quantitative estimate of drug-likeness (QED) is 0.358. The summed E-state index contributed by atoms with van der Waals surface area (Å²) in [5.74, 6) is 0. The molecule has 50 valence electrons. The molecule has 0 aromatic heterocycles. The molecule has 8 heteroatoms. The molecule has 0 aromatic carbocycles. The summed E-state index contributed by atoms with van der Waals surface area (Å²) in [5.41, 5.74) is 0. The maximum Gasteiger partial charge on any atom is 0.490 e. The van der Waals surface area contributed by atoms with E-state index in [0.29, 0.717) is 0 Å². The molecule has 0 aliphatic rings. The molecule has 0 fully saturated rings. The minimum Gasteiger partial charge on any atom is -0.344 e. The highest BCUT2D eigenvalue weighted by molar-refractivity contribution is 7.47. The Morgan fingerprint density at radius 2 is 2.00 bits per heavy atom. The van der Waals surface area contributed by atoms with Crippen molar-refractivity contribution in [2.24, 2.45) is 0 Å². The van der Waals surface area contributed by atoms with E-state index in [-0.39, 0.29) is 6.15 Å². The normalized spacial score (nSPS) is 9.88. The first kappa shape index (κ1) is 10.9. The Hall–Kier alpha value is 0.0649. The summed E-state index contributed by atoms with van der Waals surface area (Å²) in [6.07, 6.45) is 0. The third-order valence-electron chi connectivity index (χ3n) is 0.217. The zero-order valence-electron chi connectivity index (χ0n) is 3.95. The summed E-state index contributed by atoms with van der Waals surface area (Å²) in [6.45, 7) is 0. The highest BCUT2D eigenvalue weighted by atomic mass is 31.2. The molecule has 0 amide bonds. The van der Waals surface area contributed by atoms with Crippen LogP contribution in [-0.2, 0) is 9.01 Å². The van der Waals surface area contributed by atoms with E-state index in [4.69, 9.17) is 9.79 Å². The fraction of sp³-hybridized carbons (Fsp3) is 0. The van der Waals surface area contributed by atoms with Crippen molar-refractivity contribution in [1.82, 2.24) is 6.15 Å². The Morgan fingerprint density at radius 1 is 1.62 bits per heavy atom. The Kier molecular flexibility index (Phi) is 5.47. The van der Waals surface area contributed by atoms with E-state index in [1.54, 1.807) is 0 Å². The number of halogens is 1. The Labute approximate surface area is 46.0 Å². The van der Waals surface area contributed by atoms with E-state index < -0.39 is 15.6 Å². The first-order valence-electron chi connectivity index (χ1n) is 1.32. The van der Waals surface area contributed by atoms with Gasteiger partial charge in [0.25, 0.3) is 0 Å². The van der Waals surface area contributed by atoms with Gasteiger partial charge >= 0.3 is 15.6 Å². The van der Waals surface area contributed by atoms with Gasteiger partial charge in [0.05, 0.1) is 0 Å². The van der Waals surface area contributed by atoms with Crippen LogP contribution in [0.2, 0.25) is 0 Å². The van der Waals surface area contributed by atoms with Gasteiger partial charge in [0.1, 0.15) is 0 Å². The predicted molar refractivity (Wildman–Crippen MR) is 26.4 cm³/mol. The molecule has 0 aliphatic carbocycles. The van der Waals surface area contributed by atoms with Gasteiger partial charge in [0.15, 0.2) is 0 Å². The predicted octanol–water partition coefficient (Wildman–Crippen LogP) is -0.506. The third kappa shape index (κ3) is 9.42. The minimum atomic E-state index is -4.54. The lowest BCUT2D eigenvalue weighted by Gasteiger charge is -1.95. The van der Waals surface area contributed by atoms with Crippen molar-refractivity contribution in [3.05, 3.63) is 0 Å². The summed E-state index contributed by atoms with van der Waals surface area (Å²) in [6, 6.07) is 0. The van der Waals surface area contributed by atoms with Crippen LogP contribution in [0, 0.1) is 0 Å². The van der Waals surface area contributed by atoms with Crippen molar-refractivity contribution in [3.8, 4) is 0 Å². The lowest BCUT2D eigenvalue weighted by atomic mass is 10.5. The van der Waals surface area contributed by atoms with Crippen molar-refractivity contribution < 1.29 is 23.1 Å². The Morgan fingerprint density at radius 3 is 2.00 bits per heavy atom. The summed E-state index contributed by atoms with van der Waals surface area (Å²) in [4.78, 5) is 15.3. The van der Waals surface area contributed by atoms with Gasteiger partial charge in [-0.15, -0.1) is 0 Å². The molecule has 0 unspecified atom stereocenters. The lowest BCUT2D eigenvalue weighted by Crippen LogP contribution is -1.87. The zero-order valence-corrected chi connectivity index (χ0v) is 4.84. The van der Waals surface area contributed by atoms with E-state index in [2.05, 4.69) is 4.44 Å². The standard InChI is InChI=1S/BFH3O4P.H3N/c2-1-6-7(3,4)5;/h1H,(H2,3,4,5);1H3. The van der Waals surface area contributed by atoms with Crippen LogP contribution >= 0.6 is 7.82 Å². The largest absolute Gasteiger partial charge is 0.490 e. The van der Waals surface area contributed by atoms with Crippen LogP contribution in [-0.4, -0.2) is 17.5 Å². The first-order valence-corrected chi connectivity index (χ1v) is 2.85. The molecule has 0 heterocycles. The SMILES string of the molecule is N.O=P(O)(O)OBF. The average molecular weight is 145 g/mol. The maximum atomic E-state index is 10.8. The average Bonchev–Trinajstić information content (AvgIpc) is 1.30. The summed E-state index contributed by atoms with van der Waals surface area (Å²) >= 11 is 0. The molecule has 0 atom stereocenters. The van der Waals surface area contributed by atoms with Crippen LogP contribution in [0.15, 0.2) is 0 Å². The van der Waals surface area contributed by atoms with Crippen LogP contribution in [0.5, 0.6) is 0 Å². The molecule has 8 heavy (non-hydrogen) atoms. The van der Waals surface area contributed by atoms with Gasteiger partial charge in [0.2, 0.25) is 0 Å². The van der Waals surface area contributed by atoms with Crippen LogP contribution in [0.3, 0.4) is 0 Å². The van der Waals surface area contributed by atoms with Crippen molar-refractivity contribution in [2.45, 2.75) is 0 Å². The Balaban J connectivity index is 0. The molecule has 0 spiro atoms. The summed E-state index contributed by atoms with van der Waals surface area (Å²) in [5, 5.41) is 0. The van der Waals surface area contributed by atoms with Crippen LogP contribution in [0.25, 0.3) is 0 Å². The third-order valence-corrected chi connectivity index (χ3v) is 0.651. The monoisotopic (exact) mass is 145 g/mol. The maximum absolute atomic E-state index is 10.8. The van der Waals surface area contributed by atoms with Crippen molar-refractivity contribution in [2.75, 3.05) is 0 Å².